The number of carboxylic acid groups (broad SMARTS) is 1. The summed E-state index contributed by atoms with van der Waals surface area (Å²) in [5.41, 5.74) is 2.98. The summed E-state index contributed by atoms with van der Waals surface area (Å²) in [6.07, 6.45) is 2.69. The number of aryl methyl sites for hydroxylation is 1. The van der Waals surface area contributed by atoms with Gasteiger partial charge in [0.05, 0.1) is 5.52 Å². The monoisotopic (exact) mass is 291 g/mol. The van der Waals surface area contributed by atoms with Gasteiger partial charge in [-0.2, -0.15) is 0 Å². The van der Waals surface area contributed by atoms with Crippen molar-refractivity contribution in [2.75, 3.05) is 0 Å². The molecule has 0 saturated heterocycles. The Labute approximate surface area is 123 Å². The van der Waals surface area contributed by atoms with Crippen LogP contribution in [0.15, 0.2) is 24.3 Å². The van der Waals surface area contributed by atoms with E-state index in [9.17, 15) is 4.79 Å². The van der Waals surface area contributed by atoms with Crippen molar-refractivity contribution in [1.82, 2.24) is 4.57 Å². The van der Waals surface area contributed by atoms with Crippen molar-refractivity contribution in [2.45, 2.75) is 27.3 Å². The maximum absolute atomic E-state index is 10.7. The summed E-state index contributed by atoms with van der Waals surface area (Å²) >= 11 is 6.45. The van der Waals surface area contributed by atoms with Gasteiger partial charge in [-0.15, -0.1) is 0 Å². The van der Waals surface area contributed by atoms with E-state index in [4.69, 9.17) is 16.7 Å². The van der Waals surface area contributed by atoms with Crippen molar-refractivity contribution in [3.05, 3.63) is 40.6 Å². The molecule has 4 heteroatoms. The molecule has 0 radical (unpaired) electrons. The third-order valence-electron chi connectivity index (χ3n) is 3.13. The molecule has 1 aromatic carbocycles. The first-order valence-corrected chi connectivity index (χ1v) is 6.97. The Kier molecular flexibility index (Phi) is 4.19. The van der Waals surface area contributed by atoms with Crippen LogP contribution < -0.4 is 0 Å². The molecule has 2 aromatic rings. The van der Waals surface area contributed by atoms with Crippen molar-refractivity contribution in [2.24, 2.45) is 5.92 Å². The molecule has 3 nitrogen and oxygen atoms in total. The zero-order valence-electron chi connectivity index (χ0n) is 11.9. The highest BCUT2D eigenvalue weighted by Gasteiger charge is 2.14. The first kappa shape index (κ1) is 14.7. The maximum Gasteiger partial charge on any atom is 0.328 e. The Hall–Kier alpha value is -1.74. The molecule has 0 aliphatic heterocycles. The topological polar surface area (TPSA) is 42.2 Å². The van der Waals surface area contributed by atoms with E-state index >= 15 is 0 Å². The minimum Gasteiger partial charge on any atom is -0.478 e. The molecule has 2 rings (SSSR count). The number of halogens is 1. The van der Waals surface area contributed by atoms with Gasteiger partial charge < -0.3 is 9.67 Å². The minimum atomic E-state index is -0.974. The van der Waals surface area contributed by atoms with Crippen LogP contribution in [0.5, 0.6) is 0 Å². The minimum absolute atomic E-state index is 0.458. The fourth-order valence-electron chi connectivity index (χ4n) is 2.31. The van der Waals surface area contributed by atoms with E-state index in [1.807, 2.05) is 19.1 Å². The van der Waals surface area contributed by atoms with Crippen LogP contribution in [0.3, 0.4) is 0 Å². The number of benzene rings is 1. The van der Waals surface area contributed by atoms with Crippen molar-refractivity contribution in [1.29, 1.82) is 0 Å². The van der Waals surface area contributed by atoms with Crippen LogP contribution in [0, 0.1) is 12.8 Å². The average Bonchev–Trinajstić information content (AvgIpc) is 2.60. The van der Waals surface area contributed by atoms with E-state index in [0.29, 0.717) is 11.1 Å². The van der Waals surface area contributed by atoms with E-state index in [1.54, 1.807) is 6.08 Å². The van der Waals surface area contributed by atoms with Crippen molar-refractivity contribution in [3.8, 4) is 0 Å². The van der Waals surface area contributed by atoms with Gasteiger partial charge in [-0.3, -0.25) is 0 Å². The lowest BCUT2D eigenvalue weighted by atomic mass is 10.1. The Bertz CT molecular complexity index is 683. The molecule has 0 bridgehead atoms. The molecule has 0 saturated carbocycles. The fraction of sp³-hybridized carbons (Fsp3) is 0.312. The number of fused-ring (bicyclic) bond motifs is 1. The lowest BCUT2D eigenvalue weighted by molar-refractivity contribution is -0.131. The highest BCUT2D eigenvalue weighted by molar-refractivity contribution is 6.33. The molecular weight excluding hydrogens is 274 g/mol. The molecule has 1 heterocycles. The lowest BCUT2D eigenvalue weighted by Gasteiger charge is -2.10. The molecule has 0 aliphatic rings. The summed E-state index contributed by atoms with van der Waals surface area (Å²) in [6, 6.07) is 6.09. The van der Waals surface area contributed by atoms with Crippen LogP contribution in [-0.4, -0.2) is 15.6 Å². The predicted molar refractivity (Wildman–Crippen MR) is 83.2 cm³/mol. The summed E-state index contributed by atoms with van der Waals surface area (Å²) in [6.45, 7) is 7.10. The summed E-state index contributed by atoms with van der Waals surface area (Å²) < 4.78 is 2.05. The van der Waals surface area contributed by atoms with Gasteiger partial charge >= 0.3 is 5.97 Å². The van der Waals surface area contributed by atoms with Crippen LogP contribution in [0.25, 0.3) is 17.0 Å². The Balaban J connectivity index is 2.68. The van der Waals surface area contributed by atoms with Gasteiger partial charge in [0.2, 0.25) is 0 Å². The van der Waals surface area contributed by atoms with Gasteiger partial charge in [-0.1, -0.05) is 37.6 Å². The molecule has 106 valence electrons. The van der Waals surface area contributed by atoms with Gasteiger partial charge in [-0.25, -0.2) is 4.79 Å². The van der Waals surface area contributed by atoms with Crippen LogP contribution in [0.4, 0.5) is 0 Å². The van der Waals surface area contributed by atoms with Crippen molar-refractivity contribution < 1.29 is 9.90 Å². The number of aliphatic carboxylic acids is 1. The zero-order valence-corrected chi connectivity index (χ0v) is 12.6. The van der Waals surface area contributed by atoms with Gasteiger partial charge in [0.1, 0.15) is 5.15 Å². The summed E-state index contributed by atoms with van der Waals surface area (Å²) in [5.74, 6) is -0.516. The second kappa shape index (κ2) is 5.71. The van der Waals surface area contributed by atoms with Gasteiger partial charge in [-0.05, 0) is 30.5 Å². The Morgan fingerprint density at radius 3 is 2.75 bits per heavy atom. The van der Waals surface area contributed by atoms with E-state index in [2.05, 4.69) is 24.5 Å². The van der Waals surface area contributed by atoms with E-state index in [0.717, 1.165) is 34.7 Å². The first-order valence-electron chi connectivity index (χ1n) is 6.59. The maximum atomic E-state index is 10.7. The number of nitrogens with zero attached hydrogens (tertiary/aromatic N) is 1. The van der Waals surface area contributed by atoms with E-state index in [1.165, 1.54) is 0 Å². The predicted octanol–water partition coefficient (Wildman–Crippen LogP) is 4.36. The normalized spacial score (nSPS) is 11.8. The molecule has 0 fully saturated rings. The van der Waals surface area contributed by atoms with E-state index < -0.39 is 5.97 Å². The number of rotatable bonds is 4. The standard InChI is InChI=1S/C16H18ClNO2/c1-10(2)9-18-14-8-11(3)4-5-12(14)13(16(18)17)6-7-15(19)20/h4-8,10H,9H2,1-3H3,(H,19,20)/b7-6+. The Morgan fingerprint density at radius 2 is 2.15 bits per heavy atom. The summed E-state index contributed by atoms with van der Waals surface area (Å²) in [5, 5.41) is 10.4. The van der Waals surface area contributed by atoms with Gasteiger partial charge in [0.15, 0.2) is 0 Å². The zero-order chi connectivity index (χ0) is 14.9. The lowest BCUT2D eigenvalue weighted by Crippen LogP contribution is -2.04. The molecule has 0 atom stereocenters. The molecule has 20 heavy (non-hydrogen) atoms. The van der Waals surface area contributed by atoms with Crippen LogP contribution in [0.2, 0.25) is 5.15 Å². The van der Waals surface area contributed by atoms with Crippen molar-refractivity contribution in [3.63, 3.8) is 0 Å². The molecule has 0 amide bonds. The largest absolute Gasteiger partial charge is 0.478 e. The molecule has 1 N–H and O–H groups in total. The summed E-state index contributed by atoms with van der Waals surface area (Å²) in [4.78, 5) is 10.7. The first-order chi connectivity index (χ1) is 9.40. The number of aromatic nitrogens is 1. The molecular formula is C16H18ClNO2. The highest BCUT2D eigenvalue weighted by Crippen LogP contribution is 2.32. The number of hydrogen-bond acceptors (Lipinski definition) is 1. The third-order valence-corrected chi connectivity index (χ3v) is 3.54. The average molecular weight is 292 g/mol. The van der Waals surface area contributed by atoms with E-state index in [-0.39, 0.29) is 0 Å². The van der Waals surface area contributed by atoms with Gasteiger partial charge in [0.25, 0.3) is 0 Å². The Morgan fingerprint density at radius 1 is 1.45 bits per heavy atom. The number of carbonyl (C=O) groups is 1. The second-order valence-electron chi connectivity index (χ2n) is 5.40. The van der Waals surface area contributed by atoms with Crippen molar-refractivity contribution >= 4 is 34.5 Å². The summed E-state index contributed by atoms with van der Waals surface area (Å²) in [7, 11) is 0. The van der Waals surface area contributed by atoms with Crippen LogP contribution in [0.1, 0.15) is 25.0 Å². The number of carboxylic acids is 1. The quantitative estimate of drug-likeness (QED) is 0.851. The molecule has 1 aromatic heterocycles. The van der Waals surface area contributed by atoms with Gasteiger partial charge in [0, 0.05) is 23.6 Å². The molecule has 0 unspecified atom stereocenters. The third kappa shape index (κ3) is 2.88. The van der Waals surface area contributed by atoms with Crippen LogP contribution in [-0.2, 0) is 11.3 Å². The number of hydrogen-bond donors (Lipinski definition) is 1. The fourth-order valence-corrected chi connectivity index (χ4v) is 2.64. The smallest absolute Gasteiger partial charge is 0.328 e. The molecule has 0 aliphatic carbocycles. The van der Waals surface area contributed by atoms with Crippen LogP contribution >= 0.6 is 11.6 Å². The second-order valence-corrected chi connectivity index (χ2v) is 5.76. The SMILES string of the molecule is Cc1ccc2c(/C=C/C(=O)O)c(Cl)n(CC(C)C)c2c1. The highest BCUT2D eigenvalue weighted by atomic mass is 35.5. The molecule has 0 spiro atoms.